The minimum absolute atomic E-state index is 0.106. The van der Waals surface area contributed by atoms with Crippen LogP contribution in [0.5, 0.6) is 5.75 Å². The highest BCUT2D eigenvalue weighted by atomic mass is 16.5. The summed E-state index contributed by atoms with van der Waals surface area (Å²) in [6, 6.07) is 13.2. The summed E-state index contributed by atoms with van der Waals surface area (Å²) in [4.78, 5) is 36.6. The van der Waals surface area contributed by atoms with E-state index in [1.165, 1.54) is 18.7 Å². The van der Waals surface area contributed by atoms with Gasteiger partial charge in [-0.1, -0.05) is 12.1 Å². The second-order valence-electron chi connectivity index (χ2n) is 5.06. The number of nitrogens with zero attached hydrogens (tertiary/aromatic N) is 1. The number of hydrogen-bond acceptors (Lipinski definition) is 4. The van der Waals surface area contributed by atoms with Crippen LogP contribution in [0.4, 0.5) is 5.69 Å². The molecule has 0 unspecified atom stereocenters. The molecule has 2 rings (SSSR count). The van der Waals surface area contributed by atoms with Gasteiger partial charge >= 0.3 is 5.97 Å². The molecule has 0 aliphatic carbocycles. The Morgan fingerprint density at radius 3 is 2.09 bits per heavy atom. The van der Waals surface area contributed by atoms with Crippen molar-refractivity contribution in [2.75, 3.05) is 11.9 Å². The number of rotatable bonds is 4. The predicted octanol–water partition coefficient (Wildman–Crippen LogP) is 3.09. The molecule has 0 N–H and O–H groups in total. The summed E-state index contributed by atoms with van der Waals surface area (Å²) >= 11 is 0. The molecule has 0 radical (unpaired) electrons. The molecule has 0 heterocycles. The van der Waals surface area contributed by atoms with Gasteiger partial charge in [-0.2, -0.15) is 0 Å². The zero-order chi connectivity index (χ0) is 17.0. The average Bonchev–Trinajstić information content (AvgIpc) is 2.53. The van der Waals surface area contributed by atoms with Crippen LogP contribution in [0.15, 0.2) is 48.5 Å². The lowest BCUT2D eigenvalue weighted by molar-refractivity contribution is -0.131. The van der Waals surface area contributed by atoms with Gasteiger partial charge in [-0.15, -0.1) is 0 Å². The molecule has 0 saturated heterocycles. The molecule has 1 amide bonds. The standard InChI is InChI=1S/C18H17NO4/c1-12(20)16-6-4-5-7-17(16)19(3)18(22)14-8-10-15(11-9-14)23-13(2)21/h4-11H,1-3H3. The lowest BCUT2D eigenvalue weighted by atomic mass is 10.1. The zero-order valence-electron chi connectivity index (χ0n) is 13.2. The summed E-state index contributed by atoms with van der Waals surface area (Å²) in [7, 11) is 1.62. The lowest BCUT2D eigenvalue weighted by Gasteiger charge is -2.20. The number of Topliss-reactive ketones (excluding diaryl/α,β-unsaturated/α-hetero) is 1. The van der Waals surface area contributed by atoms with Crippen LogP contribution in [0.25, 0.3) is 0 Å². The van der Waals surface area contributed by atoms with Gasteiger partial charge in [0.15, 0.2) is 5.78 Å². The Hall–Kier alpha value is -2.95. The summed E-state index contributed by atoms with van der Waals surface area (Å²) in [5.41, 5.74) is 1.47. The van der Waals surface area contributed by atoms with Gasteiger partial charge in [-0.05, 0) is 43.3 Å². The molecular formula is C18H17NO4. The molecule has 2 aromatic rings. The summed E-state index contributed by atoms with van der Waals surface area (Å²) in [5.74, 6) is -0.407. The van der Waals surface area contributed by atoms with Crippen molar-refractivity contribution in [1.82, 2.24) is 0 Å². The number of esters is 1. The molecule has 0 saturated carbocycles. The van der Waals surface area contributed by atoms with E-state index in [0.29, 0.717) is 22.6 Å². The van der Waals surface area contributed by atoms with Gasteiger partial charge in [-0.25, -0.2) is 0 Å². The molecule has 0 spiro atoms. The molecule has 2 aromatic carbocycles. The van der Waals surface area contributed by atoms with E-state index in [4.69, 9.17) is 4.74 Å². The van der Waals surface area contributed by atoms with E-state index in [9.17, 15) is 14.4 Å². The third-order valence-electron chi connectivity index (χ3n) is 3.31. The largest absolute Gasteiger partial charge is 0.427 e. The number of amides is 1. The monoisotopic (exact) mass is 311 g/mol. The smallest absolute Gasteiger partial charge is 0.308 e. The minimum Gasteiger partial charge on any atom is -0.427 e. The first-order chi connectivity index (χ1) is 10.9. The van der Waals surface area contributed by atoms with E-state index in [2.05, 4.69) is 0 Å². The van der Waals surface area contributed by atoms with E-state index >= 15 is 0 Å². The molecule has 0 bridgehead atoms. The van der Waals surface area contributed by atoms with Gasteiger partial charge in [0, 0.05) is 25.1 Å². The van der Waals surface area contributed by atoms with Crippen LogP contribution in [0.2, 0.25) is 0 Å². The number of para-hydroxylation sites is 1. The quantitative estimate of drug-likeness (QED) is 0.494. The Morgan fingerprint density at radius 1 is 0.913 bits per heavy atom. The number of carbonyl (C=O) groups is 3. The zero-order valence-corrected chi connectivity index (χ0v) is 13.2. The second kappa shape index (κ2) is 6.87. The maximum Gasteiger partial charge on any atom is 0.308 e. The van der Waals surface area contributed by atoms with Gasteiger partial charge in [0.1, 0.15) is 5.75 Å². The summed E-state index contributed by atoms with van der Waals surface area (Å²) in [6.45, 7) is 2.77. The van der Waals surface area contributed by atoms with Crippen molar-refractivity contribution >= 4 is 23.3 Å². The van der Waals surface area contributed by atoms with Crippen LogP contribution in [0.1, 0.15) is 34.6 Å². The third kappa shape index (κ3) is 3.83. The fraction of sp³-hybridized carbons (Fsp3) is 0.167. The number of ketones is 1. The molecule has 23 heavy (non-hydrogen) atoms. The maximum atomic E-state index is 12.6. The van der Waals surface area contributed by atoms with Gasteiger partial charge in [0.05, 0.1) is 5.69 Å². The van der Waals surface area contributed by atoms with Crippen LogP contribution < -0.4 is 9.64 Å². The Morgan fingerprint density at radius 2 is 1.52 bits per heavy atom. The highest BCUT2D eigenvalue weighted by molar-refractivity contribution is 6.10. The lowest BCUT2D eigenvalue weighted by Crippen LogP contribution is -2.27. The number of carbonyl (C=O) groups excluding carboxylic acids is 3. The van der Waals surface area contributed by atoms with Crippen molar-refractivity contribution in [3.8, 4) is 5.75 Å². The van der Waals surface area contributed by atoms with Crippen molar-refractivity contribution in [1.29, 1.82) is 0 Å². The minimum atomic E-state index is -0.420. The summed E-state index contributed by atoms with van der Waals surface area (Å²) < 4.78 is 4.94. The Balaban J connectivity index is 2.26. The van der Waals surface area contributed by atoms with E-state index in [-0.39, 0.29) is 11.7 Å². The van der Waals surface area contributed by atoms with E-state index in [0.717, 1.165) is 0 Å². The van der Waals surface area contributed by atoms with Crippen LogP contribution >= 0.6 is 0 Å². The second-order valence-corrected chi connectivity index (χ2v) is 5.06. The highest BCUT2D eigenvalue weighted by Crippen LogP contribution is 2.22. The molecule has 5 heteroatoms. The normalized spacial score (nSPS) is 10.0. The molecular weight excluding hydrogens is 294 g/mol. The van der Waals surface area contributed by atoms with E-state index in [1.807, 2.05) is 0 Å². The molecule has 0 aromatic heterocycles. The van der Waals surface area contributed by atoms with Crippen molar-refractivity contribution in [2.45, 2.75) is 13.8 Å². The number of hydrogen-bond donors (Lipinski definition) is 0. The van der Waals surface area contributed by atoms with Crippen LogP contribution in [-0.2, 0) is 4.79 Å². The third-order valence-corrected chi connectivity index (χ3v) is 3.31. The summed E-state index contributed by atoms with van der Waals surface area (Å²) in [5, 5.41) is 0. The van der Waals surface area contributed by atoms with Gasteiger partial charge in [0.25, 0.3) is 5.91 Å². The first kappa shape index (κ1) is 16.4. The van der Waals surface area contributed by atoms with E-state index in [1.54, 1.807) is 55.6 Å². The van der Waals surface area contributed by atoms with Crippen molar-refractivity contribution in [3.05, 3.63) is 59.7 Å². The molecule has 0 atom stereocenters. The van der Waals surface area contributed by atoms with E-state index < -0.39 is 5.97 Å². The molecule has 0 aliphatic heterocycles. The van der Waals surface area contributed by atoms with Crippen LogP contribution in [0.3, 0.4) is 0 Å². The number of benzene rings is 2. The Kier molecular flexibility index (Phi) is 4.91. The topological polar surface area (TPSA) is 63.7 Å². The molecule has 118 valence electrons. The molecule has 0 aliphatic rings. The van der Waals surface area contributed by atoms with Gasteiger partial charge < -0.3 is 9.64 Å². The first-order valence-electron chi connectivity index (χ1n) is 7.06. The van der Waals surface area contributed by atoms with Crippen LogP contribution in [-0.4, -0.2) is 24.7 Å². The Labute approximate surface area is 134 Å². The predicted molar refractivity (Wildman–Crippen MR) is 86.9 cm³/mol. The Bertz CT molecular complexity index is 750. The number of anilines is 1. The summed E-state index contributed by atoms with van der Waals surface area (Å²) in [6.07, 6.45) is 0. The van der Waals surface area contributed by atoms with Gasteiger partial charge in [0.2, 0.25) is 0 Å². The SMILES string of the molecule is CC(=O)Oc1ccc(C(=O)N(C)c2ccccc2C(C)=O)cc1. The molecule has 5 nitrogen and oxygen atoms in total. The number of ether oxygens (including phenoxy) is 1. The highest BCUT2D eigenvalue weighted by Gasteiger charge is 2.18. The van der Waals surface area contributed by atoms with Crippen LogP contribution in [0, 0.1) is 0 Å². The van der Waals surface area contributed by atoms with Crippen molar-refractivity contribution in [2.24, 2.45) is 0 Å². The fourth-order valence-electron chi connectivity index (χ4n) is 2.20. The first-order valence-corrected chi connectivity index (χ1v) is 7.06. The van der Waals surface area contributed by atoms with Gasteiger partial charge in [-0.3, -0.25) is 14.4 Å². The maximum absolute atomic E-state index is 12.6. The molecule has 0 fully saturated rings. The van der Waals surface area contributed by atoms with Crippen molar-refractivity contribution < 1.29 is 19.1 Å². The average molecular weight is 311 g/mol. The fourth-order valence-corrected chi connectivity index (χ4v) is 2.20. The van der Waals surface area contributed by atoms with Crippen molar-refractivity contribution in [3.63, 3.8) is 0 Å².